The fourth-order valence-corrected chi connectivity index (χ4v) is 5.88. The van der Waals surface area contributed by atoms with E-state index < -0.39 is 0 Å². The first-order chi connectivity index (χ1) is 16.1. The molecule has 0 aliphatic carbocycles. The lowest BCUT2D eigenvalue weighted by Gasteiger charge is -2.54. The molecule has 0 bridgehead atoms. The van der Waals surface area contributed by atoms with Crippen LogP contribution >= 0.6 is 23.2 Å². The van der Waals surface area contributed by atoms with E-state index in [1.807, 2.05) is 24.4 Å². The predicted molar refractivity (Wildman–Crippen MR) is 130 cm³/mol. The first-order valence-corrected chi connectivity index (χ1v) is 12.5. The molecule has 1 aromatic carbocycles. The van der Waals surface area contributed by atoms with E-state index in [0.717, 1.165) is 37.4 Å². The molecule has 6 nitrogen and oxygen atoms in total. The molecular formula is C25H30Cl2N4O2. The van der Waals surface area contributed by atoms with E-state index in [4.69, 9.17) is 27.9 Å². The lowest BCUT2D eigenvalue weighted by Crippen LogP contribution is -2.71. The van der Waals surface area contributed by atoms with Crippen LogP contribution in [0.3, 0.4) is 0 Å². The smallest absolute Gasteiger partial charge is 0.227 e. The van der Waals surface area contributed by atoms with Crippen LogP contribution < -0.4 is 0 Å². The molecule has 2 aromatic rings. The van der Waals surface area contributed by atoms with Crippen LogP contribution in [0.25, 0.3) is 0 Å². The molecule has 4 heterocycles. The maximum atomic E-state index is 13.6. The Morgan fingerprint density at radius 3 is 2.58 bits per heavy atom. The number of carbonyl (C=O) groups excluding carboxylic acids is 1. The first kappa shape index (κ1) is 23.1. The van der Waals surface area contributed by atoms with Crippen molar-refractivity contribution in [2.75, 3.05) is 39.4 Å². The number of carbonyl (C=O) groups is 1. The summed E-state index contributed by atoms with van der Waals surface area (Å²) in [6.45, 7) is 5.75. The van der Waals surface area contributed by atoms with Gasteiger partial charge in [-0.15, -0.1) is 0 Å². The topological polar surface area (TPSA) is 48.9 Å². The fraction of sp³-hybridized carbons (Fsp3) is 0.520. The average molecular weight is 489 g/mol. The van der Waals surface area contributed by atoms with Gasteiger partial charge in [-0.05, 0) is 55.8 Å². The summed E-state index contributed by atoms with van der Waals surface area (Å²) in [6.07, 6.45) is 4.59. The molecular weight excluding hydrogens is 459 g/mol. The van der Waals surface area contributed by atoms with E-state index in [1.165, 1.54) is 12.8 Å². The first-order valence-electron chi connectivity index (χ1n) is 11.8. The monoisotopic (exact) mass is 488 g/mol. The largest absolute Gasteiger partial charge is 0.378 e. The van der Waals surface area contributed by atoms with Gasteiger partial charge in [0.25, 0.3) is 0 Å². The van der Waals surface area contributed by atoms with Crippen molar-refractivity contribution in [3.8, 4) is 0 Å². The number of amides is 1. The third-order valence-corrected chi connectivity index (χ3v) is 7.92. The van der Waals surface area contributed by atoms with Crippen LogP contribution in [0.2, 0.25) is 10.0 Å². The Hall–Kier alpha value is -1.70. The van der Waals surface area contributed by atoms with Gasteiger partial charge in [0.15, 0.2) is 0 Å². The second-order valence-electron chi connectivity index (χ2n) is 9.21. The predicted octanol–water partition coefficient (Wildman–Crippen LogP) is 3.51. The number of benzene rings is 1. The summed E-state index contributed by atoms with van der Waals surface area (Å²) in [5.41, 5.74) is 1.95. The lowest BCUT2D eigenvalue weighted by atomic mass is 9.90. The third kappa shape index (κ3) is 5.05. The number of fused-ring (bicyclic) bond motifs is 1. The zero-order valence-electron chi connectivity index (χ0n) is 18.7. The van der Waals surface area contributed by atoms with Gasteiger partial charge in [-0.3, -0.25) is 19.6 Å². The summed E-state index contributed by atoms with van der Waals surface area (Å²) in [6, 6.07) is 12.0. The Bertz CT molecular complexity index is 970. The third-order valence-electron chi connectivity index (χ3n) is 7.18. The van der Waals surface area contributed by atoms with Gasteiger partial charge < -0.3 is 9.64 Å². The van der Waals surface area contributed by atoms with Gasteiger partial charge in [0.05, 0.1) is 53.5 Å². The number of hydrogen-bond acceptors (Lipinski definition) is 5. The van der Waals surface area contributed by atoms with E-state index in [9.17, 15) is 4.79 Å². The molecule has 3 aliphatic rings. The van der Waals surface area contributed by atoms with Gasteiger partial charge in [0.2, 0.25) is 5.91 Å². The molecule has 0 saturated carbocycles. The van der Waals surface area contributed by atoms with E-state index in [2.05, 4.69) is 25.8 Å². The van der Waals surface area contributed by atoms with Crippen molar-refractivity contribution in [2.45, 2.75) is 43.9 Å². The zero-order chi connectivity index (χ0) is 22.8. The molecule has 0 N–H and O–H groups in total. The summed E-state index contributed by atoms with van der Waals surface area (Å²) in [7, 11) is 0. The number of hydrogen-bond donors (Lipinski definition) is 0. The highest BCUT2D eigenvalue weighted by Gasteiger charge is 2.47. The van der Waals surface area contributed by atoms with Crippen LogP contribution in [0.1, 0.15) is 24.1 Å². The van der Waals surface area contributed by atoms with Crippen molar-refractivity contribution in [2.24, 2.45) is 0 Å². The van der Waals surface area contributed by atoms with Crippen LogP contribution in [-0.4, -0.2) is 83.1 Å². The fourth-order valence-electron chi connectivity index (χ4n) is 5.56. The molecule has 0 spiro atoms. The quantitative estimate of drug-likeness (QED) is 0.644. The number of piperazine rings is 1. The number of halogens is 2. The molecule has 8 heteroatoms. The molecule has 3 atom stereocenters. The molecule has 0 radical (unpaired) electrons. The molecule has 3 fully saturated rings. The van der Waals surface area contributed by atoms with Crippen LogP contribution in [-0.2, 0) is 22.5 Å². The Kier molecular flexibility index (Phi) is 7.18. The van der Waals surface area contributed by atoms with Crippen LogP contribution in [0.15, 0.2) is 42.6 Å². The zero-order valence-corrected chi connectivity index (χ0v) is 20.2. The van der Waals surface area contributed by atoms with Crippen molar-refractivity contribution in [1.82, 2.24) is 19.7 Å². The minimum Gasteiger partial charge on any atom is -0.378 e. The Morgan fingerprint density at radius 1 is 1.00 bits per heavy atom. The number of nitrogens with zero attached hydrogens (tertiary/aromatic N) is 4. The van der Waals surface area contributed by atoms with Crippen LogP contribution in [0.5, 0.6) is 0 Å². The van der Waals surface area contributed by atoms with Gasteiger partial charge in [0.1, 0.15) is 0 Å². The van der Waals surface area contributed by atoms with Crippen molar-refractivity contribution >= 4 is 29.1 Å². The number of rotatable bonds is 5. The normalized spacial score (nSPS) is 26.4. The van der Waals surface area contributed by atoms with E-state index in [-0.39, 0.29) is 24.0 Å². The molecule has 5 rings (SSSR count). The Balaban J connectivity index is 1.39. The van der Waals surface area contributed by atoms with Crippen LogP contribution in [0.4, 0.5) is 0 Å². The SMILES string of the molecule is O=C(Cc1ccc(Cl)c(Cl)c1)N1CCN(Cc2ccccn2)C2COCC(N3CCCC3)[C@H]21. The van der Waals surface area contributed by atoms with Crippen molar-refractivity contribution in [1.29, 1.82) is 0 Å². The highest BCUT2D eigenvalue weighted by molar-refractivity contribution is 6.42. The summed E-state index contributed by atoms with van der Waals surface area (Å²) < 4.78 is 6.13. The highest BCUT2D eigenvalue weighted by Crippen LogP contribution is 2.31. The number of aromatic nitrogens is 1. The standard InChI is InChI=1S/C25H30Cl2N4O2/c26-20-7-6-18(13-21(20)27)14-24(32)31-12-11-30(15-19-5-1-2-8-28-19)23-17-33-16-22(25(23)31)29-9-3-4-10-29/h1-2,5-8,13,22-23,25H,3-4,9-12,14-17H2/t22?,23?,25-/m1/s1. The van der Waals surface area contributed by atoms with E-state index >= 15 is 0 Å². The second kappa shape index (κ2) is 10.3. The molecule has 3 saturated heterocycles. The minimum absolute atomic E-state index is 0.101. The number of ether oxygens (including phenoxy) is 1. The van der Waals surface area contributed by atoms with Gasteiger partial charge >= 0.3 is 0 Å². The Labute approximate surface area is 205 Å². The average Bonchev–Trinajstić information content (AvgIpc) is 3.37. The van der Waals surface area contributed by atoms with Crippen molar-refractivity contribution in [3.63, 3.8) is 0 Å². The Morgan fingerprint density at radius 2 is 1.82 bits per heavy atom. The van der Waals surface area contributed by atoms with Gasteiger partial charge in [-0.1, -0.05) is 35.3 Å². The highest BCUT2D eigenvalue weighted by atomic mass is 35.5. The molecule has 33 heavy (non-hydrogen) atoms. The second-order valence-corrected chi connectivity index (χ2v) is 10.0. The van der Waals surface area contributed by atoms with Crippen molar-refractivity contribution < 1.29 is 9.53 Å². The van der Waals surface area contributed by atoms with Gasteiger partial charge in [0, 0.05) is 25.8 Å². The maximum absolute atomic E-state index is 13.6. The van der Waals surface area contributed by atoms with Crippen molar-refractivity contribution in [3.05, 3.63) is 63.9 Å². The summed E-state index contributed by atoms with van der Waals surface area (Å²) in [5, 5.41) is 0.996. The summed E-state index contributed by atoms with van der Waals surface area (Å²) >= 11 is 12.3. The number of pyridine rings is 1. The molecule has 3 aliphatic heterocycles. The molecule has 1 amide bonds. The van der Waals surface area contributed by atoms with Gasteiger partial charge in [-0.25, -0.2) is 0 Å². The maximum Gasteiger partial charge on any atom is 0.227 e. The minimum atomic E-state index is 0.101. The summed E-state index contributed by atoms with van der Waals surface area (Å²) in [4.78, 5) is 25.2. The molecule has 176 valence electrons. The van der Waals surface area contributed by atoms with E-state index in [1.54, 1.807) is 12.1 Å². The number of likely N-dealkylation sites (tertiary alicyclic amines) is 1. The van der Waals surface area contributed by atoms with Gasteiger partial charge in [-0.2, -0.15) is 0 Å². The van der Waals surface area contributed by atoms with E-state index in [0.29, 0.717) is 36.2 Å². The molecule has 1 aromatic heterocycles. The molecule has 2 unspecified atom stereocenters. The summed E-state index contributed by atoms with van der Waals surface area (Å²) in [5.74, 6) is 0.145. The lowest BCUT2D eigenvalue weighted by molar-refractivity contribution is -0.153. The van der Waals surface area contributed by atoms with Crippen LogP contribution in [0, 0.1) is 0 Å².